The number of nitrogens with two attached hydrogens (primary N) is 1. The molecule has 1 aliphatic heterocycles. The highest BCUT2D eigenvalue weighted by Crippen LogP contribution is 2.52. The summed E-state index contributed by atoms with van der Waals surface area (Å²) in [4.78, 5) is 14.3. The minimum atomic E-state index is -0.303. The second-order valence-electron chi connectivity index (χ2n) is 9.95. The van der Waals surface area contributed by atoms with Crippen LogP contribution >= 0.6 is 0 Å². The van der Waals surface area contributed by atoms with E-state index in [-0.39, 0.29) is 18.1 Å². The maximum atomic E-state index is 12.0. The van der Waals surface area contributed by atoms with Gasteiger partial charge < -0.3 is 20.1 Å². The molecule has 5 atom stereocenters. The molecule has 2 aromatic rings. The third-order valence-corrected chi connectivity index (χ3v) is 7.53. The Bertz CT molecular complexity index is 961. The summed E-state index contributed by atoms with van der Waals surface area (Å²) in [5.74, 6) is 1.91. The monoisotopic (exact) mass is 450 g/mol. The summed E-state index contributed by atoms with van der Waals surface area (Å²) in [6.07, 6.45) is 6.22. The summed E-state index contributed by atoms with van der Waals surface area (Å²) in [5, 5.41) is 0. The van der Waals surface area contributed by atoms with Gasteiger partial charge in [0.05, 0.1) is 6.10 Å². The Kier molecular flexibility index (Phi) is 7.28. The Labute approximate surface area is 198 Å². The van der Waals surface area contributed by atoms with Crippen LogP contribution in [0.4, 0.5) is 5.69 Å². The molecule has 178 valence electrons. The van der Waals surface area contributed by atoms with Crippen molar-refractivity contribution >= 4 is 11.7 Å². The van der Waals surface area contributed by atoms with Crippen LogP contribution in [0.5, 0.6) is 11.5 Å². The molecule has 1 heterocycles. The first-order chi connectivity index (χ1) is 15.8. The quantitative estimate of drug-likeness (QED) is 0.449. The number of nitrogens with zero attached hydrogens (tertiary/aromatic N) is 1. The first-order valence-corrected chi connectivity index (χ1v) is 12.4. The van der Waals surface area contributed by atoms with Crippen LogP contribution in [0.3, 0.4) is 0 Å². The molecule has 2 N–H and O–H groups in total. The van der Waals surface area contributed by atoms with Crippen LogP contribution in [0.15, 0.2) is 42.5 Å². The van der Waals surface area contributed by atoms with Gasteiger partial charge in [-0.25, -0.2) is 0 Å². The van der Waals surface area contributed by atoms with Gasteiger partial charge in [-0.1, -0.05) is 30.3 Å². The highest BCUT2D eigenvalue weighted by atomic mass is 16.5. The number of carbonyl (C=O) groups is 1. The van der Waals surface area contributed by atoms with Crippen molar-refractivity contribution in [3.8, 4) is 11.5 Å². The molecule has 2 aliphatic rings. The van der Waals surface area contributed by atoms with Gasteiger partial charge in [0.15, 0.2) is 0 Å². The van der Waals surface area contributed by atoms with Crippen LogP contribution in [-0.2, 0) is 11.2 Å². The molecule has 5 unspecified atom stereocenters. The minimum absolute atomic E-state index is 0.0686. The molecule has 1 aliphatic carbocycles. The molecule has 1 fully saturated rings. The number of hydrogen-bond donors (Lipinski definition) is 1. The van der Waals surface area contributed by atoms with Crippen molar-refractivity contribution in [2.45, 2.75) is 83.4 Å². The molecule has 1 saturated carbocycles. The summed E-state index contributed by atoms with van der Waals surface area (Å²) < 4.78 is 12.1. The standard InChI is InChI=1S/C28H38N2O3/c1-18(9-8-12-21-10-6-5-7-11-21)32-23-16-26-28(27(17-23)33-20(3)31)25-15-22(29)13-14-24(25)19(2)30(26)4/h5-7,10-11,16-19,22,24-25H,8-9,12-15,29H2,1-4H3. The summed E-state index contributed by atoms with van der Waals surface area (Å²) in [6, 6.07) is 15.2. The Balaban J connectivity index is 1.55. The Hall–Kier alpha value is -2.53. The Morgan fingerprint density at radius 1 is 1.21 bits per heavy atom. The predicted octanol–water partition coefficient (Wildman–Crippen LogP) is 5.45. The smallest absolute Gasteiger partial charge is 0.308 e. The molecule has 2 aromatic carbocycles. The van der Waals surface area contributed by atoms with E-state index in [1.54, 1.807) is 0 Å². The SMILES string of the molecule is CC(=O)Oc1cc(OC(C)CCCc2ccccc2)cc2c1C1CC(N)CCC1C(C)N2C. The Morgan fingerprint density at radius 3 is 2.70 bits per heavy atom. The number of carbonyl (C=O) groups excluding carboxylic acids is 1. The molecule has 33 heavy (non-hydrogen) atoms. The molecule has 5 heteroatoms. The minimum Gasteiger partial charge on any atom is -0.491 e. The van der Waals surface area contributed by atoms with Gasteiger partial charge in [-0.15, -0.1) is 0 Å². The fourth-order valence-electron chi connectivity index (χ4n) is 5.73. The maximum Gasteiger partial charge on any atom is 0.308 e. The molecule has 4 rings (SSSR count). The van der Waals surface area contributed by atoms with Crippen molar-refractivity contribution in [2.75, 3.05) is 11.9 Å². The first-order valence-electron chi connectivity index (χ1n) is 12.4. The highest BCUT2D eigenvalue weighted by Gasteiger charge is 2.42. The van der Waals surface area contributed by atoms with Crippen molar-refractivity contribution in [3.05, 3.63) is 53.6 Å². The van der Waals surface area contributed by atoms with Crippen LogP contribution in [0, 0.1) is 5.92 Å². The van der Waals surface area contributed by atoms with Gasteiger partial charge in [0, 0.05) is 49.4 Å². The van der Waals surface area contributed by atoms with E-state index in [0.717, 1.165) is 55.5 Å². The largest absolute Gasteiger partial charge is 0.491 e. The number of benzene rings is 2. The van der Waals surface area contributed by atoms with Crippen molar-refractivity contribution in [2.24, 2.45) is 11.7 Å². The van der Waals surface area contributed by atoms with Crippen molar-refractivity contribution < 1.29 is 14.3 Å². The number of aryl methyl sites for hydroxylation is 1. The third-order valence-electron chi connectivity index (χ3n) is 7.53. The molecule has 0 aromatic heterocycles. The molecular formula is C28H38N2O3. The van der Waals surface area contributed by atoms with Gasteiger partial charge >= 0.3 is 5.97 Å². The molecular weight excluding hydrogens is 412 g/mol. The van der Waals surface area contributed by atoms with Crippen molar-refractivity contribution in [1.82, 2.24) is 0 Å². The van der Waals surface area contributed by atoms with Crippen molar-refractivity contribution in [3.63, 3.8) is 0 Å². The zero-order chi connectivity index (χ0) is 23.5. The average Bonchev–Trinajstić information content (AvgIpc) is 2.77. The van der Waals surface area contributed by atoms with Crippen LogP contribution in [0.2, 0.25) is 0 Å². The molecule has 0 amide bonds. The van der Waals surface area contributed by atoms with Gasteiger partial charge in [-0.05, 0) is 69.8 Å². The Morgan fingerprint density at radius 2 is 1.97 bits per heavy atom. The normalized spacial score (nSPS) is 25.1. The van der Waals surface area contributed by atoms with E-state index in [4.69, 9.17) is 15.2 Å². The van der Waals surface area contributed by atoms with Crippen LogP contribution < -0.4 is 20.1 Å². The summed E-state index contributed by atoms with van der Waals surface area (Å²) in [5.41, 5.74) is 9.94. The van der Waals surface area contributed by atoms with Gasteiger partial charge in [-0.3, -0.25) is 4.79 Å². The van der Waals surface area contributed by atoms with Gasteiger partial charge in [0.25, 0.3) is 0 Å². The molecule has 0 bridgehead atoms. The maximum absolute atomic E-state index is 12.0. The van der Waals surface area contributed by atoms with Gasteiger partial charge in [0.2, 0.25) is 0 Å². The average molecular weight is 451 g/mol. The topological polar surface area (TPSA) is 64.8 Å². The van der Waals surface area contributed by atoms with Gasteiger partial charge in [0.1, 0.15) is 11.5 Å². The predicted molar refractivity (Wildman–Crippen MR) is 133 cm³/mol. The second-order valence-corrected chi connectivity index (χ2v) is 9.95. The number of ether oxygens (including phenoxy) is 2. The van der Waals surface area contributed by atoms with E-state index >= 15 is 0 Å². The number of anilines is 1. The second kappa shape index (κ2) is 10.2. The lowest BCUT2D eigenvalue weighted by Crippen LogP contribution is -2.47. The van der Waals surface area contributed by atoms with E-state index in [2.05, 4.69) is 56.1 Å². The van der Waals surface area contributed by atoms with Crippen LogP contribution in [0.25, 0.3) is 0 Å². The highest BCUT2D eigenvalue weighted by molar-refractivity contribution is 5.74. The zero-order valence-corrected chi connectivity index (χ0v) is 20.4. The van der Waals surface area contributed by atoms with Crippen LogP contribution in [-0.4, -0.2) is 31.2 Å². The van der Waals surface area contributed by atoms with E-state index in [0.29, 0.717) is 23.6 Å². The molecule has 0 spiro atoms. The van der Waals surface area contributed by atoms with E-state index in [9.17, 15) is 4.79 Å². The summed E-state index contributed by atoms with van der Waals surface area (Å²) >= 11 is 0. The molecule has 5 nitrogen and oxygen atoms in total. The van der Waals surface area contributed by atoms with E-state index in [1.807, 2.05) is 12.1 Å². The molecule has 0 saturated heterocycles. The van der Waals surface area contributed by atoms with Crippen LogP contribution in [0.1, 0.15) is 69.9 Å². The summed E-state index contributed by atoms with van der Waals surface area (Å²) in [6.45, 7) is 5.87. The lowest BCUT2D eigenvalue weighted by Gasteiger charge is -2.48. The first kappa shape index (κ1) is 23.6. The number of fused-ring (bicyclic) bond motifs is 3. The van der Waals surface area contributed by atoms with E-state index in [1.165, 1.54) is 12.5 Å². The summed E-state index contributed by atoms with van der Waals surface area (Å²) in [7, 11) is 2.14. The molecule has 0 radical (unpaired) electrons. The van der Waals surface area contributed by atoms with Crippen molar-refractivity contribution in [1.29, 1.82) is 0 Å². The number of hydrogen-bond acceptors (Lipinski definition) is 5. The zero-order valence-electron chi connectivity index (χ0n) is 20.4. The number of rotatable bonds is 7. The van der Waals surface area contributed by atoms with Gasteiger partial charge in [-0.2, -0.15) is 0 Å². The van der Waals surface area contributed by atoms with E-state index < -0.39 is 0 Å². The lowest BCUT2D eigenvalue weighted by atomic mass is 9.67. The number of esters is 1. The fourth-order valence-corrected chi connectivity index (χ4v) is 5.73. The lowest BCUT2D eigenvalue weighted by molar-refractivity contribution is -0.131. The fraction of sp³-hybridized carbons (Fsp3) is 0.536. The third kappa shape index (κ3) is 5.35.